The number of hydrogen-bond donors (Lipinski definition) is 0. The summed E-state index contributed by atoms with van der Waals surface area (Å²) in [4.78, 5) is 19.1. The molecule has 2 atom stereocenters. The van der Waals surface area contributed by atoms with Gasteiger partial charge in [0.1, 0.15) is 6.26 Å². The maximum atomic E-state index is 12.8. The van der Waals surface area contributed by atoms with Crippen LogP contribution >= 0.6 is 0 Å². The van der Waals surface area contributed by atoms with E-state index in [9.17, 15) is 4.79 Å². The molecule has 3 fully saturated rings. The second-order valence-electron chi connectivity index (χ2n) is 6.99. The molecule has 23 heavy (non-hydrogen) atoms. The minimum Gasteiger partial charge on any atom is -0.448 e. The zero-order valence-corrected chi connectivity index (χ0v) is 13.6. The number of rotatable bonds is 3. The highest BCUT2D eigenvalue weighted by Gasteiger charge is 2.39. The van der Waals surface area contributed by atoms with E-state index in [0.29, 0.717) is 30.6 Å². The third-order valence-corrected chi connectivity index (χ3v) is 5.03. The lowest BCUT2D eigenvalue weighted by molar-refractivity contribution is -0.0762. The van der Waals surface area contributed by atoms with Crippen LogP contribution < -0.4 is 0 Å². The molecule has 6 nitrogen and oxygen atoms in total. The summed E-state index contributed by atoms with van der Waals surface area (Å²) in [5.41, 5.74) is 0.426. The van der Waals surface area contributed by atoms with E-state index < -0.39 is 0 Å². The molecule has 1 aromatic rings. The average molecular weight is 320 g/mol. The number of carbonyl (C=O) groups is 1. The standard InChI is InChI=1S/C17H24N2O4/c1-11-8-19(9-15(23-11)12-2-3-12)17(20)14-10-22-16(18-14)13-4-6-21-7-5-13/h10-13,15H,2-9H2,1H3. The van der Waals surface area contributed by atoms with Crippen molar-refractivity contribution in [3.63, 3.8) is 0 Å². The van der Waals surface area contributed by atoms with Gasteiger partial charge in [-0.3, -0.25) is 4.79 Å². The Bertz CT molecular complexity index is 563. The molecule has 0 radical (unpaired) electrons. The molecular formula is C17H24N2O4. The third kappa shape index (κ3) is 3.28. The molecular weight excluding hydrogens is 296 g/mol. The van der Waals surface area contributed by atoms with Crippen molar-refractivity contribution in [1.29, 1.82) is 0 Å². The molecule has 1 aromatic heterocycles. The summed E-state index contributed by atoms with van der Waals surface area (Å²) < 4.78 is 16.9. The van der Waals surface area contributed by atoms with Crippen LogP contribution in [0.15, 0.2) is 10.7 Å². The van der Waals surface area contributed by atoms with Crippen molar-refractivity contribution in [1.82, 2.24) is 9.88 Å². The van der Waals surface area contributed by atoms with Crippen LogP contribution in [0.2, 0.25) is 0 Å². The summed E-state index contributed by atoms with van der Waals surface area (Å²) in [5.74, 6) is 1.54. The van der Waals surface area contributed by atoms with Crippen LogP contribution in [0.25, 0.3) is 0 Å². The van der Waals surface area contributed by atoms with Crippen molar-refractivity contribution < 1.29 is 18.7 Å². The number of amides is 1. The first-order valence-corrected chi connectivity index (χ1v) is 8.68. The fourth-order valence-electron chi connectivity index (χ4n) is 3.56. The number of carbonyl (C=O) groups excluding carboxylic acids is 1. The summed E-state index contributed by atoms with van der Waals surface area (Å²) in [6.07, 6.45) is 6.04. The Morgan fingerprint density at radius 2 is 2.00 bits per heavy atom. The largest absolute Gasteiger partial charge is 0.448 e. The van der Waals surface area contributed by atoms with Crippen LogP contribution in [0.5, 0.6) is 0 Å². The highest BCUT2D eigenvalue weighted by atomic mass is 16.5. The quantitative estimate of drug-likeness (QED) is 0.854. The van der Waals surface area contributed by atoms with Gasteiger partial charge in [-0.2, -0.15) is 0 Å². The summed E-state index contributed by atoms with van der Waals surface area (Å²) >= 11 is 0. The van der Waals surface area contributed by atoms with Gasteiger partial charge in [0.25, 0.3) is 5.91 Å². The third-order valence-electron chi connectivity index (χ3n) is 5.03. The Morgan fingerprint density at radius 3 is 2.74 bits per heavy atom. The Kier molecular flexibility index (Phi) is 4.11. The van der Waals surface area contributed by atoms with Crippen LogP contribution in [0.3, 0.4) is 0 Å². The molecule has 1 saturated carbocycles. The predicted octanol–water partition coefficient (Wildman–Crippen LogP) is 2.21. The van der Waals surface area contributed by atoms with Crippen molar-refractivity contribution in [3.8, 4) is 0 Å². The Morgan fingerprint density at radius 1 is 1.22 bits per heavy atom. The fraction of sp³-hybridized carbons (Fsp3) is 0.765. The van der Waals surface area contributed by atoms with Gasteiger partial charge >= 0.3 is 0 Å². The lowest BCUT2D eigenvalue weighted by Crippen LogP contribution is -2.50. The van der Waals surface area contributed by atoms with Gasteiger partial charge in [0.05, 0.1) is 12.2 Å². The SMILES string of the molecule is CC1CN(C(=O)c2coc(C3CCOCC3)n2)CC(C2CC2)O1. The second-order valence-corrected chi connectivity index (χ2v) is 6.99. The van der Waals surface area contributed by atoms with Gasteiger partial charge in [-0.15, -0.1) is 0 Å². The van der Waals surface area contributed by atoms with E-state index in [1.54, 1.807) is 0 Å². The van der Waals surface area contributed by atoms with Gasteiger partial charge in [-0.25, -0.2) is 4.98 Å². The lowest BCUT2D eigenvalue weighted by atomic mass is 10.0. The molecule has 1 amide bonds. The van der Waals surface area contributed by atoms with Crippen LogP contribution in [0, 0.1) is 5.92 Å². The van der Waals surface area contributed by atoms with E-state index in [0.717, 1.165) is 26.1 Å². The van der Waals surface area contributed by atoms with E-state index in [2.05, 4.69) is 4.98 Å². The van der Waals surface area contributed by atoms with Gasteiger partial charge in [0.2, 0.25) is 0 Å². The molecule has 126 valence electrons. The highest BCUT2D eigenvalue weighted by molar-refractivity contribution is 5.92. The number of aromatic nitrogens is 1. The van der Waals surface area contributed by atoms with Gasteiger partial charge in [0, 0.05) is 32.2 Å². The van der Waals surface area contributed by atoms with Crippen molar-refractivity contribution in [2.75, 3.05) is 26.3 Å². The molecule has 3 aliphatic rings. The van der Waals surface area contributed by atoms with Gasteiger partial charge in [0.15, 0.2) is 11.6 Å². The van der Waals surface area contributed by atoms with E-state index in [1.165, 1.54) is 19.1 Å². The van der Waals surface area contributed by atoms with Crippen LogP contribution in [0.1, 0.15) is 54.9 Å². The molecule has 0 bridgehead atoms. The van der Waals surface area contributed by atoms with Gasteiger partial charge < -0.3 is 18.8 Å². The molecule has 0 spiro atoms. The number of nitrogens with zero attached hydrogens (tertiary/aromatic N) is 2. The molecule has 2 unspecified atom stereocenters. The molecule has 0 aromatic carbocycles. The molecule has 6 heteroatoms. The summed E-state index contributed by atoms with van der Waals surface area (Å²) in [6, 6.07) is 0. The monoisotopic (exact) mass is 320 g/mol. The van der Waals surface area contributed by atoms with Crippen LogP contribution in [0.4, 0.5) is 0 Å². The Labute approximate surface area is 136 Å². The minimum absolute atomic E-state index is 0.0344. The van der Waals surface area contributed by atoms with E-state index in [-0.39, 0.29) is 24.0 Å². The summed E-state index contributed by atoms with van der Waals surface area (Å²) in [6.45, 7) is 4.81. The first-order valence-electron chi connectivity index (χ1n) is 8.68. The van der Waals surface area contributed by atoms with Crippen molar-refractivity contribution >= 4 is 5.91 Å². The van der Waals surface area contributed by atoms with Crippen molar-refractivity contribution in [3.05, 3.63) is 17.8 Å². The summed E-state index contributed by atoms with van der Waals surface area (Å²) in [7, 11) is 0. The molecule has 3 heterocycles. The van der Waals surface area contributed by atoms with Gasteiger partial charge in [-0.1, -0.05) is 0 Å². The maximum absolute atomic E-state index is 12.8. The van der Waals surface area contributed by atoms with Gasteiger partial charge in [-0.05, 0) is 38.5 Å². The first-order chi connectivity index (χ1) is 11.2. The fourth-order valence-corrected chi connectivity index (χ4v) is 3.56. The lowest BCUT2D eigenvalue weighted by Gasteiger charge is -2.36. The molecule has 2 aliphatic heterocycles. The van der Waals surface area contributed by atoms with Crippen LogP contribution in [-0.2, 0) is 9.47 Å². The van der Waals surface area contributed by atoms with Crippen LogP contribution in [-0.4, -0.2) is 54.3 Å². The highest BCUT2D eigenvalue weighted by Crippen LogP contribution is 2.37. The first kappa shape index (κ1) is 15.1. The predicted molar refractivity (Wildman–Crippen MR) is 82.3 cm³/mol. The van der Waals surface area contributed by atoms with Crippen molar-refractivity contribution in [2.24, 2.45) is 5.92 Å². The zero-order valence-electron chi connectivity index (χ0n) is 13.6. The Balaban J connectivity index is 1.44. The molecule has 1 aliphatic carbocycles. The number of oxazole rings is 1. The van der Waals surface area contributed by atoms with E-state index >= 15 is 0 Å². The minimum atomic E-state index is -0.0344. The summed E-state index contributed by atoms with van der Waals surface area (Å²) in [5, 5.41) is 0. The molecule has 2 saturated heterocycles. The number of morpholine rings is 1. The normalized spacial score (nSPS) is 29.7. The van der Waals surface area contributed by atoms with E-state index in [4.69, 9.17) is 13.9 Å². The second kappa shape index (κ2) is 6.24. The smallest absolute Gasteiger partial charge is 0.275 e. The number of ether oxygens (including phenoxy) is 2. The zero-order chi connectivity index (χ0) is 15.8. The Hall–Kier alpha value is -1.40. The van der Waals surface area contributed by atoms with E-state index in [1.807, 2.05) is 11.8 Å². The van der Waals surface area contributed by atoms with Crippen molar-refractivity contribution in [2.45, 2.75) is 50.7 Å². The maximum Gasteiger partial charge on any atom is 0.275 e. The molecule has 4 rings (SSSR count). The average Bonchev–Trinajstić information content (AvgIpc) is 3.31. The molecule has 0 N–H and O–H groups in total. The topological polar surface area (TPSA) is 64.8 Å². The number of hydrogen-bond acceptors (Lipinski definition) is 5.